The number of carboxylic acid groups (broad SMARTS) is 1. The Kier molecular flexibility index (Phi) is 5.80. The van der Waals surface area contributed by atoms with Crippen molar-refractivity contribution in [1.29, 1.82) is 0 Å². The Morgan fingerprint density at radius 1 is 1.00 bits per heavy atom. The second kappa shape index (κ2) is 7.82. The summed E-state index contributed by atoms with van der Waals surface area (Å²) < 4.78 is 5.69. The quantitative estimate of drug-likeness (QED) is 0.728. The van der Waals surface area contributed by atoms with Crippen LogP contribution in [0.3, 0.4) is 0 Å². The first kappa shape index (κ1) is 17.1. The molecule has 0 heterocycles. The summed E-state index contributed by atoms with van der Waals surface area (Å²) in [6, 6.07) is 18.4. The minimum absolute atomic E-state index is 0.536. The van der Waals surface area contributed by atoms with Crippen molar-refractivity contribution < 1.29 is 14.6 Å². The molecule has 0 aliphatic heterocycles. The molecule has 0 fully saturated rings. The third-order valence-corrected chi connectivity index (χ3v) is 3.97. The number of benzene rings is 2. The Bertz CT molecular complexity index is 615. The van der Waals surface area contributed by atoms with Crippen LogP contribution in [0, 0.1) is 5.41 Å². The SMILES string of the molecule is CC(C)(CCCOc1ccc(Cc2ccccc2)cc1)C(=O)O. The third kappa shape index (κ3) is 5.44. The summed E-state index contributed by atoms with van der Waals surface area (Å²) in [7, 11) is 0. The number of carbonyl (C=O) groups is 1. The molecule has 2 rings (SSSR count). The van der Waals surface area contributed by atoms with Gasteiger partial charge >= 0.3 is 5.97 Å². The molecule has 0 unspecified atom stereocenters. The van der Waals surface area contributed by atoms with E-state index in [1.807, 2.05) is 30.3 Å². The summed E-state index contributed by atoms with van der Waals surface area (Å²) in [5.74, 6) is 0.0673. The third-order valence-electron chi connectivity index (χ3n) is 3.97. The van der Waals surface area contributed by atoms with Gasteiger partial charge in [0.15, 0.2) is 0 Å². The van der Waals surface area contributed by atoms with Gasteiger partial charge in [-0.3, -0.25) is 4.79 Å². The molecule has 0 bridgehead atoms. The first-order valence-corrected chi connectivity index (χ1v) is 7.96. The Morgan fingerprint density at radius 2 is 1.61 bits per heavy atom. The normalized spacial score (nSPS) is 11.2. The molecule has 122 valence electrons. The van der Waals surface area contributed by atoms with Crippen molar-refractivity contribution in [1.82, 2.24) is 0 Å². The predicted octanol–water partition coefficient (Wildman–Crippen LogP) is 4.55. The number of rotatable bonds is 8. The summed E-state index contributed by atoms with van der Waals surface area (Å²) >= 11 is 0. The highest BCUT2D eigenvalue weighted by atomic mass is 16.5. The average molecular weight is 312 g/mol. The van der Waals surface area contributed by atoms with E-state index in [-0.39, 0.29) is 0 Å². The van der Waals surface area contributed by atoms with Crippen molar-refractivity contribution in [3.8, 4) is 5.75 Å². The average Bonchev–Trinajstić information content (AvgIpc) is 2.54. The monoisotopic (exact) mass is 312 g/mol. The van der Waals surface area contributed by atoms with Crippen LogP contribution in [0.4, 0.5) is 0 Å². The van der Waals surface area contributed by atoms with Crippen molar-refractivity contribution in [2.24, 2.45) is 5.41 Å². The van der Waals surface area contributed by atoms with Crippen molar-refractivity contribution in [2.45, 2.75) is 33.1 Å². The van der Waals surface area contributed by atoms with E-state index in [2.05, 4.69) is 24.3 Å². The zero-order valence-corrected chi connectivity index (χ0v) is 13.8. The summed E-state index contributed by atoms with van der Waals surface area (Å²) in [4.78, 5) is 11.0. The molecule has 0 spiro atoms. The first-order valence-electron chi connectivity index (χ1n) is 7.96. The van der Waals surface area contributed by atoms with Crippen LogP contribution in [0.5, 0.6) is 5.75 Å². The summed E-state index contributed by atoms with van der Waals surface area (Å²) in [5.41, 5.74) is 1.84. The van der Waals surface area contributed by atoms with E-state index in [4.69, 9.17) is 9.84 Å². The zero-order chi connectivity index (χ0) is 16.7. The minimum atomic E-state index is -0.761. The van der Waals surface area contributed by atoms with Crippen LogP contribution in [0.1, 0.15) is 37.8 Å². The molecule has 0 aliphatic rings. The van der Waals surface area contributed by atoms with Gasteiger partial charge in [-0.25, -0.2) is 0 Å². The highest BCUT2D eigenvalue weighted by Gasteiger charge is 2.26. The fraction of sp³-hybridized carbons (Fsp3) is 0.350. The molecule has 0 aromatic heterocycles. The predicted molar refractivity (Wildman–Crippen MR) is 91.8 cm³/mol. The van der Waals surface area contributed by atoms with E-state index in [0.717, 1.165) is 18.6 Å². The van der Waals surface area contributed by atoms with E-state index < -0.39 is 11.4 Å². The van der Waals surface area contributed by atoms with Gasteiger partial charge in [-0.1, -0.05) is 42.5 Å². The van der Waals surface area contributed by atoms with Crippen LogP contribution in [-0.4, -0.2) is 17.7 Å². The number of carboxylic acids is 1. The van der Waals surface area contributed by atoms with E-state index in [0.29, 0.717) is 13.0 Å². The van der Waals surface area contributed by atoms with Crippen LogP contribution < -0.4 is 4.74 Å². The molecule has 0 amide bonds. The number of hydrogen-bond donors (Lipinski definition) is 1. The lowest BCUT2D eigenvalue weighted by atomic mass is 9.88. The molecule has 23 heavy (non-hydrogen) atoms. The van der Waals surface area contributed by atoms with Crippen molar-refractivity contribution >= 4 is 5.97 Å². The highest BCUT2D eigenvalue weighted by molar-refractivity contribution is 5.73. The number of ether oxygens (including phenoxy) is 1. The molecule has 0 aliphatic carbocycles. The van der Waals surface area contributed by atoms with Gasteiger partial charge in [0.2, 0.25) is 0 Å². The van der Waals surface area contributed by atoms with Gasteiger partial charge in [-0.2, -0.15) is 0 Å². The first-order chi connectivity index (χ1) is 11.0. The van der Waals surface area contributed by atoms with E-state index in [1.54, 1.807) is 13.8 Å². The summed E-state index contributed by atoms with van der Waals surface area (Å²) in [6.45, 7) is 4.02. The molecule has 0 atom stereocenters. The molecule has 1 N–H and O–H groups in total. The van der Waals surface area contributed by atoms with Crippen LogP contribution >= 0.6 is 0 Å². The van der Waals surface area contributed by atoms with Gasteiger partial charge in [0.1, 0.15) is 5.75 Å². The lowest BCUT2D eigenvalue weighted by Crippen LogP contribution is -2.24. The van der Waals surface area contributed by atoms with Crippen molar-refractivity contribution in [2.75, 3.05) is 6.61 Å². The standard InChI is InChI=1S/C20H24O3/c1-20(2,19(21)22)13-6-14-23-18-11-9-17(10-12-18)15-16-7-4-3-5-8-16/h3-5,7-12H,6,13-15H2,1-2H3,(H,21,22). The number of hydrogen-bond acceptors (Lipinski definition) is 2. The van der Waals surface area contributed by atoms with E-state index in [9.17, 15) is 4.79 Å². The molecule has 0 radical (unpaired) electrons. The van der Waals surface area contributed by atoms with Gasteiger partial charge < -0.3 is 9.84 Å². The topological polar surface area (TPSA) is 46.5 Å². The molecular weight excluding hydrogens is 288 g/mol. The smallest absolute Gasteiger partial charge is 0.309 e. The van der Waals surface area contributed by atoms with Gasteiger partial charge in [0.25, 0.3) is 0 Å². The highest BCUT2D eigenvalue weighted by Crippen LogP contribution is 2.23. The van der Waals surface area contributed by atoms with E-state index in [1.165, 1.54) is 11.1 Å². The van der Waals surface area contributed by atoms with Gasteiger partial charge in [0, 0.05) is 0 Å². The van der Waals surface area contributed by atoms with Crippen molar-refractivity contribution in [3.05, 3.63) is 65.7 Å². The maximum absolute atomic E-state index is 11.0. The van der Waals surface area contributed by atoms with Gasteiger partial charge in [-0.15, -0.1) is 0 Å². The second-order valence-corrected chi connectivity index (χ2v) is 6.45. The fourth-order valence-corrected chi connectivity index (χ4v) is 2.35. The molecule has 2 aromatic carbocycles. The van der Waals surface area contributed by atoms with Crippen LogP contribution in [0.25, 0.3) is 0 Å². The fourth-order valence-electron chi connectivity index (χ4n) is 2.35. The molecule has 2 aromatic rings. The van der Waals surface area contributed by atoms with Crippen LogP contribution in [0.2, 0.25) is 0 Å². The Morgan fingerprint density at radius 3 is 2.22 bits per heavy atom. The largest absolute Gasteiger partial charge is 0.494 e. The van der Waals surface area contributed by atoms with Crippen LogP contribution in [0.15, 0.2) is 54.6 Å². The molecule has 0 saturated carbocycles. The number of aliphatic carboxylic acids is 1. The van der Waals surface area contributed by atoms with E-state index >= 15 is 0 Å². The molecule has 0 saturated heterocycles. The molecule has 3 nitrogen and oxygen atoms in total. The maximum atomic E-state index is 11.0. The molecule has 3 heteroatoms. The van der Waals surface area contributed by atoms with Gasteiger partial charge in [0.05, 0.1) is 12.0 Å². The Balaban J connectivity index is 1.78. The van der Waals surface area contributed by atoms with Crippen molar-refractivity contribution in [3.63, 3.8) is 0 Å². The summed E-state index contributed by atoms with van der Waals surface area (Å²) in [6.07, 6.45) is 2.24. The molecular formula is C20H24O3. The Labute approximate surface area is 137 Å². The lowest BCUT2D eigenvalue weighted by Gasteiger charge is -2.18. The lowest BCUT2D eigenvalue weighted by molar-refractivity contribution is -0.147. The Hall–Kier alpha value is -2.29. The zero-order valence-electron chi connectivity index (χ0n) is 13.8. The minimum Gasteiger partial charge on any atom is -0.494 e. The van der Waals surface area contributed by atoms with Crippen LogP contribution in [-0.2, 0) is 11.2 Å². The maximum Gasteiger partial charge on any atom is 0.309 e. The van der Waals surface area contributed by atoms with Gasteiger partial charge in [-0.05, 0) is 56.4 Å². The second-order valence-electron chi connectivity index (χ2n) is 6.45. The summed E-state index contributed by atoms with van der Waals surface area (Å²) in [5, 5.41) is 9.07.